The van der Waals surface area contributed by atoms with Gasteiger partial charge in [0.2, 0.25) is 0 Å². The van der Waals surface area contributed by atoms with Crippen LogP contribution in [-0.2, 0) is 0 Å². The van der Waals surface area contributed by atoms with E-state index in [-0.39, 0.29) is 5.91 Å². The standard InChI is InChI=1S/C24H18N6O/c1-16-14-23(30(29-16)22-11-5-7-13-26-22)28-24(31)18-15-21(20-10-4-6-12-25-20)27-19-9-3-2-8-17(18)19/h2-15H,1H3,(H,28,31). The number of benzene rings is 1. The maximum Gasteiger partial charge on any atom is 0.257 e. The van der Waals surface area contributed by atoms with E-state index >= 15 is 0 Å². The fourth-order valence-electron chi connectivity index (χ4n) is 3.43. The first-order valence-corrected chi connectivity index (χ1v) is 9.80. The van der Waals surface area contributed by atoms with Crippen LogP contribution in [-0.4, -0.2) is 30.6 Å². The van der Waals surface area contributed by atoms with E-state index in [1.165, 1.54) is 0 Å². The van der Waals surface area contributed by atoms with Gasteiger partial charge in [0, 0.05) is 23.8 Å². The Balaban J connectivity index is 1.58. The maximum absolute atomic E-state index is 13.4. The van der Waals surface area contributed by atoms with Crippen LogP contribution in [0.5, 0.6) is 0 Å². The van der Waals surface area contributed by atoms with Gasteiger partial charge in [-0.2, -0.15) is 9.78 Å². The van der Waals surface area contributed by atoms with Crippen molar-refractivity contribution in [2.24, 2.45) is 0 Å². The lowest BCUT2D eigenvalue weighted by atomic mass is 10.1. The summed E-state index contributed by atoms with van der Waals surface area (Å²) in [6, 6.07) is 22.3. The lowest BCUT2D eigenvalue weighted by Gasteiger charge is -2.11. The molecule has 0 unspecified atom stereocenters. The second kappa shape index (κ2) is 7.79. The highest BCUT2D eigenvalue weighted by Gasteiger charge is 2.17. The van der Waals surface area contributed by atoms with Crippen LogP contribution in [0, 0.1) is 6.92 Å². The number of anilines is 1. The van der Waals surface area contributed by atoms with Gasteiger partial charge in [0.1, 0.15) is 5.82 Å². The van der Waals surface area contributed by atoms with Gasteiger partial charge in [-0.25, -0.2) is 9.97 Å². The van der Waals surface area contributed by atoms with Crippen molar-refractivity contribution in [3.8, 4) is 17.2 Å². The highest BCUT2D eigenvalue weighted by molar-refractivity contribution is 6.12. The molecule has 0 aliphatic rings. The number of carbonyl (C=O) groups is 1. The molecule has 0 fully saturated rings. The average molecular weight is 406 g/mol. The summed E-state index contributed by atoms with van der Waals surface area (Å²) in [5, 5.41) is 8.23. The summed E-state index contributed by atoms with van der Waals surface area (Å²) < 4.78 is 1.62. The summed E-state index contributed by atoms with van der Waals surface area (Å²) in [5.74, 6) is 0.911. The smallest absolute Gasteiger partial charge is 0.257 e. The molecule has 0 aliphatic heterocycles. The second-order valence-corrected chi connectivity index (χ2v) is 7.01. The number of carbonyl (C=O) groups excluding carboxylic acids is 1. The first-order valence-electron chi connectivity index (χ1n) is 9.80. The molecule has 7 nitrogen and oxygen atoms in total. The Kier molecular flexibility index (Phi) is 4.68. The van der Waals surface area contributed by atoms with Crippen molar-refractivity contribution in [2.75, 3.05) is 5.32 Å². The van der Waals surface area contributed by atoms with E-state index in [1.54, 1.807) is 23.1 Å². The third kappa shape index (κ3) is 3.64. The van der Waals surface area contributed by atoms with Crippen molar-refractivity contribution in [3.63, 3.8) is 0 Å². The molecule has 0 radical (unpaired) electrons. The molecule has 0 saturated heterocycles. The maximum atomic E-state index is 13.4. The Morgan fingerprint density at radius 2 is 1.65 bits per heavy atom. The molecule has 1 amide bonds. The molecular weight excluding hydrogens is 388 g/mol. The third-order valence-corrected chi connectivity index (χ3v) is 4.83. The summed E-state index contributed by atoms with van der Waals surface area (Å²) in [4.78, 5) is 26.8. The number of hydrogen-bond donors (Lipinski definition) is 1. The zero-order valence-corrected chi connectivity index (χ0v) is 16.7. The number of rotatable bonds is 4. The molecule has 0 bridgehead atoms. The van der Waals surface area contributed by atoms with Crippen molar-refractivity contribution in [1.82, 2.24) is 24.7 Å². The Labute approximate surface area is 178 Å². The van der Waals surface area contributed by atoms with Gasteiger partial charge in [0.15, 0.2) is 5.82 Å². The highest BCUT2D eigenvalue weighted by Crippen LogP contribution is 2.25. The van der Waals surface area contributed by atoms with Gasteiger partial charge in [-0.15, -0.1) is 0 Å². The van der Waals surface area contributed by atoms with E-state index in [9.17, 15) is 4.79 Å². The Bertz CT molecular complexity index is 1380. The molecule has 7 heteroatoms. The van der Waals surface area contributed by atoms with Gasteiger partial charge < -0.3 is 5.32 Å². The van der Waals surface area contributed by atoms with Gasteiger partial charge in [-0.3, -0.25) is 9.78 Å². The zero-order valence-electron chi connectivity index (χ0n) is 16.7. The van der Waals surface area contributed by atoms with Crippen molar-refractivity contribution < 1.29 is 4.79 Å². The molecule has 5 aromatic rings. The number of nitrogens with zero attached hydrogens (tertiary/aromatic N) is 5. The topological polar surface area (TPSA) is 85.6 Å². The molecule has 0 saturated carbocycles. The minimum atomic E-state index is -0.257. The number of hydrogen-bond acceptors (Lipinski definition) is 5. The largest absolute Gasteiger partial charge is 0.306 e. The normalized spacial score (nSPS) is 10.9. The van der Waals surface area contributed by atoms with Crippen molar-refractivity contribution in [3.05, 3.63) is 96.4 Å². The van der Waals surface area contributed by atoms with Crippen LogP contribution in [0.15, 0.2) is 85.2 Å². The monoisotopic (exact) mass is 406 g/mol. The fourth-order valence-corrected chi connectivity index (χ4v) is 3.43. The molecule has 150 valence electrons. The van der Waals surface area contributed by atoms with E-state index < -0.39 is 0 Å². The number of amides is 1. The third-order valence-electron chi connectivity index (χ3n) is 4.83. The summed E-state index contributed by atoms with van der Waals surface area (Å²) >= 11 is 0. The van der Waals surface area contributed by atoms with Gasteiger partial charge >= 0.3 is 0 Å². The minimum absolute atomic E-state index is 0.257. The molecule has 0 spiro atoms. The Hall–Kier alpha value is -4.39. The zero-order chi connectivity index (χ0) is 21.2. The molecular formula is C24H18N6O. The van der Waals surface area contributed by atoms with Crippen molar-refractivity contribution in [1.29, 1.82) is 0 Å². The number of nitrogens with one attached hydrogen (secondary N) is 1. The van der Waals surface area contributed by atoms with E-state index in [0.29, 0.717) is 28.6 Å². The lowest BCUT2D eigenvalue weighted by molar-refractivity contribution is 0.102. The predicted molar refractivity (Wildman–Crippen MR) is 119 cm³/mol. The van der Waals surface area contributed by atoms with Crippen LogP contribution in [0.25, 0.3) is 28.1 Å². The van der Waals surface area contributed by atoms with Gasteiger partial charge in [-0.1, -0.05) is 30.3 Å². The molecule has 1 aromatic carbocycles. The molecule has 4 heterocycles. The van der Waals surface area contributed by atoms with E-state index in [2.05, 4.69) is 20.4 Å². The summed E-state index contributed by atoms with van der Waals surface area (Å²) in [5.41, 5.74) is 3.35. The fraction of sp³-hybridized carbons (Fsp3) is 0.0417. The number of aromatic nitrogens is 5. The highest BCUT2D eigenvalue weighted by atomic mass is 16.1. The average Bonchev–Trinajstić information content (AvgIpc) is 3.19. The van der Waals surface area contributed by atoms with Gasteiger partial charge in [-0.05, 0) is 43.3 Å². The predicted octanol–water partition coefficient (Wildman–Crippen LogP) is 4.44. The molecule has 0 atom stereocenters. The van der Waals surface area contributed by atoms with Gasteiger partial charge in [0.25, 0.3) is 5.91 Å². The summed E-state index contributed by atoms with van der Waals surface area (Å²) in [7, 11) is 0. The van der Waals surface area contributed by atoms with Crippen LogP contribution < -0.4 is 5.32 Å². The molecule has 0 aliphatic carbocycles. The Morgan fingerprint density at radius 3 is 2.42 bits per heavy atom. The number of fused-ring (bicyclic) bond motifs is 1. The molecule has 5 rings (SSSR count). The lowest BCUT2D eigenvalue weighted by Crippen LogP contribution is -2.16. The van der Waals surface area contributed by atoms with E-state index in [1.807, 2.05) is 73.7 Å². The van der Waals surface area contributed by atoms with Crippen molar-refractivity contribution in [2.45, 2.75) is 6.92 Å². The minimum Gasteiger partial charge on any atom is -0.306 e. The number of para-hydroxylation sites is 1. The molecule has 1 N–H and O–H groups in total. The van der Waals surface area contributed by atoms with Crippen LogP contribution in [0.4, 0.5) is 5.82 Å². The molecule has 4 aromatic heterocycles. The Morgan fingerprint density at radius 1 is 0.871 bits per heavy atom. The van der Waals surface area contributed by atoms with Crippen molar-refractivity contribution >= 4 is 22.6 Å². The van der Waals surface area contributed by atoms with Crippen LogP contribution in [0.1, 0.15) is 16.1 Å². The molecule has 31 heavy (non-hydrogen) atoms. The van der Waals surface area contributed by atoms with E-state index in [0.717, 1.165) is 16.6 Å². The van der Waals surface area contributed by atoms with E-state index in [4.69, 9.17) is 4.98 Å². The van der Waals surface area contributed by atoms with Crippen LogP contribution in [0.2, 0.25) is 0 Å². The number of aryl methyl sites for hydroxylation is 1. The van der Waals surface area contributed by atoms with Crippen LogP contribution >= 0.6 is 0 Å². The first-order chi connectivity index (χ1) is 15.2. The summed E-state index contributed by atoms with van der Waals surface area (Å²) in [6.07, 6.45) is 3.40. The quantitative estimate of drug-likeness (QED) is 0.477. The summed E-state index contributed by atoms with van der Waals surface area (Å²) in [6.45, 7) is 1.87. The van der Waals surface area contributed by atoms with Crippen LogP contribution in [0.3, 0.4) is 0 Å². The SMILES string of the molecule is Cc1cc(NC(=O)c2cc(-c3ccccn3)nc3ccccc23)n(-c2ccccn2)n1. The van der Waals surface area contributed by atoms with Gasteiger partial charge in [0.05, 0.1) is 28.2 Å². The second-order valence-electron chi connectivity index (χ2n) is 7.01. The number of pyridine rings is 3. The first kappa shape index (κ1) is 18.6.